The Morgan fingerprint density at radius 1 is 1.13 bits per heavy atom. The highest BCUT2D eigenvalue weighted by molar-refractivity contribution is 5.35. The van der Waals surface area contributed by atoms with E-state index in [1.54, 1.807) is 0 Å². The van der Waals surface area contributed by atoms with Gasteiger partial charge < -0.3 is 5.43 Å². The van der Waals surface area contributed by atoms with E-state index in [4.69, 9.17) is 5.84 Å². The first-order valence-electron chi connectivity index (χ1n) is 3.66. The fourth-order valence-electron chi connectivity index (χ4n) is 0.829. The number of alkyl halides is 5. The number of hydrogen-bond acceptors (Lipinski definition) is 3. The number of hydrazine groups is 1. The number of nitrogen functional groups attached to an aromatic ring is 1. The molecule has 0 atom stereocenters. The van der Waals surface area contributed by atoms with Gasteiger partial charge in [0.25, 0.3) is 0 Å². The quantitative estimate of drug-likeness (QED) is 0.461. The predicted molar refractivity (Wildman–Crippen MR) is 42.0 cm³/mol. The Morgan fingerprint density at radius 2 is 1.73 bits per heavy atom. The molecule has 0 aliphatic heterocycles. The molecule has 0 aliphatic rings. The monoisotopic (exact) mass is 227 g/mol. The summed E-state index contributed by atoms with van der Waals surface area (Å²) in [5.74, 6) is -0.0401. The van der Waals surface area contributed by atoms with Crippen LogP contribution in [0.5, 0.6) is 0 Å². The van der Waals surface area contributed by atoms with E-state index in [1.165, 1.54) is 0 Å². The number of nitrogens with two attached hydrogens (primary N) is 1. The van der Waals surface area contributed by atoms with Crippen LogP contribution < -0.4 is 11.3 Å². The van der Waals surface area contributed by atoms with Crippen LogP contribution in [0.25, 0.3) is 0 Å². The van der Waals surface area contributed by atoms with Gasteiger partial charge in [0.05, 0.1) is 0 Å². The minimum absolute atomic E-state index is 0.00303. The van der Waals surface area contributed by atoms with Crippen molar-refractivity contribution in [3.8, 4) is 0 Å². The Bertz CT molecular complexity index is 331. The van der Waals surface area contributed by atoms with Crippen LogP contribution in [0.1, 0.15) is 5.56 Å². The molecule has 15 heavy (non-hydrogen) atoms. The molecule has 0 spiro atoms. The van der Waals surface area contributed by atoms with Gasteiger partial charge in [0, 0.05) is 11.8 Å². The highest BCUT2D eigenvalue weighted by Gasteiger charge is 2.58. The van der Waals surface area contributed by atoms with Gasteiger partial charge >= 0.3 is 12.1 Å². The first-order chi connectivity index (χ1) is 6.79. The smallest absolute Gasteiger partial charge is 0.308 e. The summed E-state index contributed by atoms with van der Waals surface area (Å²) in [4.78, 5) is 3.26. The molecular weight excluding hydrogens is 221 g/mol. The number of aromatic nitrogens is 1. The zero-order valence-electron chi connectivity index (χ0n) is 7.15. The third kappa shape index (κ3) is 2.14. The molecular formula is C7H6F5N3. The van der Waals surface area contributed by atoms with E-state index in [0.29, 0.717) is 12.3 Å². The molecule has 1 aromatic rings. The number of anilines is 1. The summed E-state index contributed by atoms with van der Waals surface area (Å²) in [7, 11) is 0. The molecule has 0 saturated heterocycles. The van der Waals surface area contributed by atoms with Crippen molar-refractivity contribution in [2.75, 3.05) is 5.43 Å². The maximum absolute atomic E-state index is 12.7. The normalized spacial score (nSPS) is 12.7. The Morgan fingerprint density at radius 3 is 2.07 bits per heavy atom. The van der Waals surface area contributed by atoms with Gasteiger partial charge in [-0.05, 0) is 12.1 Å². The van der Waals surface area contributed by atoms with E-state index in [-0.39, 0.29) is 5.82 Å². The van der Waals surface area contributed by atoms with Gasteiger partial charge in [-0.3, -0.25) is 0 Å². The first kappa shape index (κ1) is 11.6. The van der Waals surface area contributed by atoms with Crippen LogP contribution in [0.15, 0.2) is 18.3 Å². The van der Waals surface area contributed by atoms with Crippen molar-refractivity contribution in [3.63, 3.8) is 0 Å². The molecule has 0 radical (unpaired) electrons. The fraction of sp³-hybridized carbons (Fsp3) is 0.286. The minimum Gasteiger partial charge on any atom is -0.308 e. The number of halogens is 5. The zero-order valence-corrected chi connectivity index (χ0v) is 7.15. The second-order valence-corrected chi connectivity index (χ2v) is 2.65. The molecule has 0 bridgehead atoms. The van der Waals surface area contributed by atoms with Gasteiger partial charge in [-0.25, -0.2) is 10.8 Å². The summed E-state index contributed by atoms with van der Waals surface area (Å²) in [6, 6.07) is 1.53. The van der Waals surface area contributed by atoms with Crippen molar-refractivity contribution < 1.29 is 22.0 Å². The molecule has 8 heteroatoms. The molecule has 3 nitrogen and oxygen atoms in total. The van der Waals surface area contributed by atoms with E-state index in [2.05, 4.69) is 4.98 Å². The summed E-state index contributed by atoms with van der Waals surface area (Å²) < 4.78 is 61.0. The summed E-state index contributed by atoms with van der Waals surface area (Å²) in [5.41, 5.74) is 0.779. The molecule has 0 amide bonds. The lowest BCUT2D eigenvalue weighted by Gasteiger charge is -2.19. The van der Waals surface area contributed by atoms with Crippen molar-refractivity contribution in [3.05, 3.63) is 23.9 Å². The van der Waals surface area contributed by atoms with Crippen molar-refractivity contribution in [2.45, 2.75) is 12.1 Å². The highest BCUT2D eigenvalue weighted by atomic mass is 19.4. The maximum atomic E-state index is 12.7. The molecule has 84 valence electrons. The first-order valence-corrected chi connectivity index (χ1v) is 3.66. The third-order valence-electron chi connectivity index (χ3n) is 1.63. The van der Waals surface area contributed by atoms with E-state index in [1.807, 2.05) is 5.43 Å². The second-order valence-electron chi connectivity index (χ2n) is 2.65. The second kappa shape index (κ2) is 3.61. The topological polar surface area (TPSA) is 50.9 Å². The van der Waals surface area contributed by atoms with Gasteiger partial charge in [-0.2, -0.15) is 22.0 Å². The molecule has 0 aromatic carbocycles. The molecule has 3 N–H and O–H groups in total. The lowest BCUT2D eigenvalue weighted by molar-refractivity contribution is -0.289. The van der Waals surface area contributed by atoms with Crippen LogP contribution in [0, 0.1) is 0 Å². The largest absolute Gasteiger partial charge is 0.458 e. The SMILES string of the molecule is NNc1ccc(C(F)(F)C(F)(F)F)cn1. The van der Waals surface area contributed by atoms with Gasteiger partial charge in [-0.1, -0.05) is 0 Å². The number of nitrogens with one attached hydrogen (secondary N) is 1. The average molecular weight is 227 g/mol. The molecule has 0 unspecified atom stereocenters. The lowest BCUT2D eigenvalue weighted by Crippen LogP contribution is -2.33. The van der Waals surface area contributed by atoms with E-state index < -0.39 is 17.7 Å². The summed E-state index contributed by atoms with van der Waals surface area (Å²) in [5, 5.41) is 0. The zero-order chi connectivity index (χ0) is 11.7. The van der Waals surface area contributed by atoms with E-state index >= 15 is 0 Å². The lowest BCUT2D eigenvalue weighted by atomic mass is 10.1. The Hall–Kier alpha value is -1.44. The van der Waals surface area contributed by atoms with Crippen LogP contribution in [-0.2, 0) is 5.92 Å². The molecule has 1 heterocycles. The number of rotatable bonds is 2. The van der Waals surface area contributed by atoms with Crippen LogP contribution in [-0.4, -0.2) is 11.2 Å². The molecule has 0 fully saturated rings. The summed E-state index contributed by atoms with van der Waals surface area (Å²) in [6.07, 6.45) is -5.21. The van der Waals surface area contributed by atoms with Crippen LogP contribution in [0.3, 0.4) is 0 Å². The highest BCUT2D eigenvalue weighted by Crippen LogP contribution is 2.43. The average Bonchev–Trinajstić information content (AvgIpc) is 2.16. The molecule has 0 aliphatic carbocycles. The summed E-state index contributed by atoms with van der Waals surface area (Å²) in [6.45, 7) is 0. The fourth-order valence-corrected chi connectivity index (χ4v) is 0.829. The van der Waals surface area contributed by atoms with Crippen molar-refractivity contribution in [1.82, 2.24) is 4.98 Å². The van der Waals surface area contributed by atoms with Crippen molar-refractivity contribution >= 4 is 5.82 Å². The Labute approximate surface area is 81.1 Å². The van der Waals surface area contributed by atoms with Gasteiger partial charge in [0.1, 0.15) is 5.82 Å². The van der Waals surface area contributed by atoms with E-state index in [0.717, 1.165) is 6.07 Å². The maximum Gasteiger partial charge on any atom is 0.458 e. The van der Waals surface area contributed by atoms with Crippen LogP contribution in [0.2, 0.25) is 0 Å². The minimum atomic E-state index is -5.63. The number of hydrogen-bond donors (Lipinski definition) is 2. The molecule has 0 saturated carbocycles. The standard InChI is InChI=1S/C7H6F5N3/c8-6(9,7(10,11)12)4-1-2-5(15-13)14-3-4/h1-3H,13H2,(H,14,15). The number of nitrogens with zero attached hydrogens (tertiary/aromatic N) is 1. The Balaban J connectivity index is 3.06. The van der Waals surface area contributed by atoms with Crippen molar-refractivity contribution in [1.29, 1.82) is 0 Å². The van der Waals surface area contributed by atoms with Gasteiger partial charge in [-0.15, -0.1) is 0 Å². The van der Waals surface area contributed by atoms with E-state index in [9.17, 15) is 22.0 Å². The van der Waals surface area contributed by atoms with Gasteiger partial charge in [0.15, 0.2) is 0 Å². The molecule has 1 aromatic heterocycles. The predicted octanol–water partition coefficient (Wildman–Crippen LogP) is 2.02. The Kier molecular flexibility index (Phi) is 2.80. The third-order valence-corrected chi connectivity index (χ3v) is 1.63. The van der Waals surface area contributed by atoms with Crippen LogP contribution >= 0.6 is 0 Å². The number of pyridine rings is 1. The van der Waals surface area contributed by atoms with Crippen LogP contribution in [0.4, 0.5) is 27.8 Å². The summed E-state index contributed by atoms with van der Waals surface area (Å²) >= 11 is 0. The van der Waals surface area contributed by atoms with Crippen molar-refractivity contribution in [2.24, 2.45) is 5.84 Å². The molecule has 1 rings (SSSR count). The van der Waals surface area contributed by atoms with Gasteiger partial charge in [0.2, 0.25) is 0 Å².